The lowest BCUT2D eigenvalue weighted by molar-refractivity contribution is 0.0892. The van der Waals surface area contributed by atoms with E-state index in [4.69, 9.17) is 5.73 Å². The number of nitrogens with one attached hydrogen (secondary N) is 1. The van der Waals surface area contributed by atoms with Crippen molar-refractivity contribution in [2.75, 3.05) is 32.9 Å². The van der Waals surface area contributed by atoms with E-state index >= 15 is 0 Å². The molecule has 0 aliphatic heterocycles. The first-order valence-electron chi connectivity index (χ1n) is 10.4. The van der Waals surface area contributed by atoms with Crippen molar-refractivity contribution in [2.45, 2.75) is 13.0 Å². The highest BCUT2D eigenvalue weighted by molar-refractivity contribution is 5.94. The number of likely N-dealkylation sites (N-methyl/N-ethyl adjacent to an activating group) is 1. The second kappa shape index (κ2) is 10.6. The third kappa shape index (κ3) is 6.42. The van der Waals surface area contributed by atoms with Crippen molar-refractivity contribution < 1.29 is 9.90 Å². The van der Waals surface area contributed by atoms with Crippen molar-refractivity contribution in [3.8, 4) is 23.0 Å². The number of hydrogen-bond acceptors (Lipinski definition) is 5. The van der Waals surface area contributed by atoms with Gasteiger partial charge in [-0.15, -0.1) is 0 Å². The molecule has 1 aromatic heterocycles. The third-order valence-electron chi connectivity index (χ3n) is 4.84. The summed E-state index contributed by atoms with van der Waals surface area (Å²) < 4.78 is 0. The van der Waals surface area contributed by atoms with E-state index < -0.39 is 6.10 Å². The van der Waals surface area contributed by atoms with Gasteiger partial charge in [0.05, 0.1) is 11.7 Å². The number of carbonyl (C=O) groups is 1. The van der Waals surface area contributed by atoms with Crippen LogP contribution in [0.1, 0.15) is 27.0 Å². The number of benzene rings is 2. The predicted molar refractivity (Wildman–Crippen MR) is 128 cm³/mol. The minimum absolute atomic E-state index is 0.181. The summed E-state index contributed by atoms with van der Waals surface area (Å²) in [6.45, 7) is 2.70. The zero-order valence-electron chi connectivity index (χ0n) is 18.6. The van der Waals surface area contributed by atoms with Gasteiger partial charge in [0.25, 0.3) is 5.91 Å². The van der Waals surface area contributed by atoms with Crippen LogP contribution in [0, 0.1) is 18.8 Å². The van der Waals surface area contributed by atoms with E-state index in [1.54, 1.807) is 24.4 Å². The number of aliphatic hydroxyl groups is 1. The first-order valence-corrected chi connectivity index (χ1v) is 10.4. The van der Waals surface area contributed by atoms with Crippen molar-refractivity contribution in [1.82, 2.24) is 15.2 Å². The average Bonchev–Trinajstić information content (AvgIpc) is 2.77. The van der Waals surface area contributed by atoms with Gasteiger partial charge in [0.15, 0.2) is 0 Å². The number of carbonyl (C=O) groups excluding carboxylic acids is 1. The molecule has 6 nitrogen and oxygen atoms in total. The lowest BCUT2D eigenvalue weighted by atomic mass is 10.0. The van der Waals surface area contributed by atoms with Crippen molar-refractivity contribution in [3.63, 3.8) is 0 Å². The summed E-state index contributed by atoms with van der Waals surface area (Å²) >= 11 is 0. The van der Waals surface area contributed by atoms with Crippen molar-refractivity contribution in [3.05, 3.63) is 83.0 Å². The largest absolute Gasteiger partial charge is 0.390 e. The fraction of sp³-hybridized carbons (Fsp3) is 0.231. The van der Waals surface area contributed by atoms with Crippen LogP contribution < -0.4 is 11.1 Å². The third-order valence-corrected chi connectivity index (χ3v) is 4.84. The van der Waals surface area contributed by atoms with Gasteiger partial charge in [-0.25, -0.2) is 4.98 Å². The van der Waals surface area contributed by atoms with Crippen LogP contribution in [-0.2, 0) is 0 Å². The summed E-state index contributed by atoms with van der Waals surface area (Å²) in [7, 11) is 3.73. The number of aliphatic hydroxyl groups excluding tert-OH is 1. The van der Waals surface area contributed by atoms with Gasteiger partial charge in [-0.1, -0.05) is 47.7 Å². The number of nitrogens with two attached hydrogens (primary N) is 1. The molecule has 0 fully saturated rings. The van der Waals surface area contributed by atoms with Crippen LogP contribution in [0.3, 0.4) is 0 Å². The van der Waals surface area contributed by atoms with Crippen molar-refractivity contribution >= 4 is 11.7 Å². The van der Waals surface area contributed by atoms with Gasteiger partial charge in [-0.2, -0.15) is 0 Å². The number of nitrogens with zero attached hydrogens (tertiary/aromatic N) is 2. The summed E-state index contributed by atoms with van der Waals surface area (Å²) in [5.74, 6) is 6.25. The topological polar surface area (TPSA) is 91.5 Å². The molecule has 0 saturated heterocycles. The van der Waals surface area contributed by atoms with E-state index in [2.05, 4.69) is 22.1 Å². The molecule has 1 atom stereocenters. The Bertz CT molecular complexity index is 1140. The molecular weight excluding hydrogens is 400 g/mol. The molecular formula is C26H28N4O2. The molecule has 3 rings (SSSR count). The molecule has 1 unspecified atom stereocenters. The minimum atomic E-state index is -0.631. The van der Waals surface area contributed by atoms with E-state index in [0.717, 1.165) is 11.1 Å². The molecule has 3 aromatic rings. The van der Waals surface area contributed by atoms with E-state index in [1.807, 2.05) is 62.3 Å². The Morgan fingerprint density at radius 2 is 1.88 bits per heavy atom. The highest BCUT2D eigenvalue weighted by Crippen LogP contribution is 2.22. The maximum atomic E-state index is 12.4. The molecule has 32 heavy (non-hydrogen) atoms. The summed E-state index contributed by atoms with van der Waals surface area (Å²) in [6, 6.07) is 17.1. The predicted octanol–water partition coefficient (Wildman–Crippen LogP) is 2.69. The van der Waals surface area contributed by atoms with Gasteiger partial charge in [0.1, 0.15) is 5.82 Å². The minimum Gasteiger partial charge on any atom is -0.390 e. The Balaban J connectivity index is 1.75. The van der Waals surface area contributed by atoms with Crippen molar-refractivity contribution in [2.24, 2.45) is 0 Å². The second-order valence-electron chi connectivity index (χ2n) is 7.98. The first-order chi connectivity index (χ1) is 15.3. The van der Waals surface area contributed by atoms with Gasteiger partial charge in [0.2, 0.25) is 0 Å². The van der Waals surface area contributed by atoms with Gasteiger partial charge in [-0.3, -0.25) is 4.79 Å². The summed E-state index contributed by atoms with van der Waals surface area (Å²) in [5, 5.41) is 12.7. The zero-order chi connectivity index (χ0) is 23.1. The lowest BCUT2D eigenvalue weighted by Gasteiger charge is -2.16. The van der Waals surface area contributed by atoms with Crippen LogP contribution in [-0.4, -0.2) is 54.2 Å². The summed E-state index contributed by atoms with van der Waals surface area (Å²) in [4.78, 5) is 18.6. The maximum absolute atomic E-state index is 12.4. The van der Waals surface area contributed by atoms with Crippen LogP contribution in [0.25, 0.3) is 11.1 Å². The van der Waals surface area contributed by atoms with Crippen LogP contribution in [0.4, 0.5) is 5.82 Å². The fourth-order valence-corrected chi connectivity index (χ4v) is 3.16. The highest BCUT2D eigenvalue weighted by atomic mass is 16.3. The van der Waals surface area contributed by atoms with Gasteiger partial charge in [0, 0.05) is 36.0 Å². The van der Waals surface area contributed by atoms with Crippen molar-refractivity contribution in [1.29, 1.82) is 0 Å². The molecule has 0 aliphatic rings. The molecule has 1 heterocycles. The zero-order valence-corrected chi connectivity index (χ0v) is 18.6. The van der Waals surface area contributed by atoms with E-state index in [0.29, 0.717) is 29.1 Å². The van der Waals surface area contributed by atoms with Crippen LogP contribution in [0.15, 0.2) is 60.8 Å². The second-order valence-corrected chi connectivity index (χ2v) is 7.98. The fourth-order valence-electron chi connectivity index (χ4n) is 3.16. The van der Waals surface area contributed by atoms with E-state index in [1.165, 1.54) is 5.56 Å². The van der Waals surface area contributed by atoms with Crippen LogP contribution >= 0.6 is 0 Å². The highest BCUT2D eigenvalue weighted by Gasteiger charge is 2.10. The smallest absolute Gasteiger partial charge is 0.251 e. The van der Waals surface area contributed by atoms with E-state index in [9.17, 15) is 9.90 Å². The molecule has 4 N–H and O–H groups in total. The summed E-state index contributed by atoms with van der Waals surface area (Å²) in [5.41, 5.74) is 11.0. The van der Waals surface area contributed by atoms with Gasteiger partial charge < -0.3 is 21.1 Å². The quantitative estimate of drug-likeness (QED) is 0.525. The normalized spacial score (nSPS) is 11.5. The number of aryl methyl sites for hydroxylation is 1. The van der Waals surface area contributed by atoms with Gasteiger partial charge in [-0.05, 0) is 50.8 Å². The molecule has 0 aliphatic carbocycles. The maximum Gasteiger partial charge on any atom is 0.251 e. The number of rotatable bonds is 6. The Morgan fingerprint density at radius 1 is 1.12 bits per heavy atom. The SMILES string of the molecule is Cc1ccc(-c2cnc(N)c(C#Cc3cccc(C(=O)NCC(O)CN(C)C)c3)c2)cc1. The number of pyridine rings is 1. The molecule has 0 radical (unpaired) electrons. The lowest BCUT2D eigenvalue weighted by Crippen LogP contribution is -2.37. The Morgan fingerprint density at radius 3 is 2.59 bits per heavy atom. The van der Waals surface area contributed by atoms with Gasteiger partial charge >= 0.3 is 0 Å². The molecule has 2 aromatic carbocycles. The van der Waals surface area contributed by atoms with E-state index in [-0.39, 0.29) is 12.5 Å². The molecule has 0 saturated carbocycles. The summed E-state index contributed by atoms with van der Waals surface area (Å²) in [6.07, 6.45) is 1.11. The molecule has 6 heteroatoms. The molecule has 164 valence electrons. The first kappa shape index (κ1) is 23.0. The molecule has 0 spiro atoms. The standard InChI is InChI=1S/C26H28N4O2/c1-18-7-10-20(11-8-18)23-14-21(25(27)28-15-23)12-9-19-5-4-6-22(13-19)26(32)29-16-24(31)17-30(2)3/h4-8,10-11,13-15,24,31H,16-17H2,1-3H3,(H2,27,28)(H,29,32). The number of nitrogen functional groups attached to an aromatic ring is 1. The number of hydrogen-bond donors (Lipinski definition) is 3. The monoisotopic (exact) mass is 428 g/mol. The Hall–Kier alpha value is -3.66. The number of amides is 1. The number of aromatic nitrogens is 1. The van der Waals surface area contributed by atoms with Crippen LogP contribution in [0.5, 0.6) is 0 Å². The Labute approximate surface area is 189 Å². The molecule has 0 bridgehead atoms. The molecule has 1 amide bonds. The number of anilines is 1. The Kier molecular flexibility index (Phi) is 7.61. The van der Waals surface area contributed by atoms with Crippen LogP contribution in [0.2, 0.25) is 0 Å². The average molecular weight is 429 g/mol.